The summed E-state index contributed by atoms with van der Waals surface area (Å²) in [5.74, 6) is 1.07. The molecule has 0 atom stereocenters. The summed E-state index contributed by atoms with van der Waals surface area (Å²) in [5.41, 5.74) is 5.08. The number of carbonyl (C=O) groups is 1. The van der Waals surface area contributed by atoms with Gasteiger partial charge in [-0.1, -0.05) is 12.1 Å². The molecule has 2 aromatic carbocycles. The number of benzene rings is 2. The fraction of sp³-hybridized carbons (Fsp3) is 0.185. The van der Waals surface area contributed by atoms with Gasteiger partial charge >= 0.3 is 0 Å². The Balaban J connectivity index is 1.39. The number of rotatable bonds is 6. The zero-order valence-electron chi connectivity index (χ0n) is 20.4. The lowest BCUT2D eigenvalue weighted by molar-refractivity contribution is -0.114. The second kappa shape index (κ2) is 9.50. The Bertz CT molecular complexity index is 1470. The molecule has 0 aliphatic carbocycles. The van der Waals surface area contributed by atoms with Gasteiger partial charge < -0.3 is 14.0 Å². The number of hydrogen-bond donors (Lipinski definition) is 1. The van der Waals surface area contributed by atoms with Crippen LogP contribution in [0.25, 0.3) is 11.8 Å². The van der Waals surface area contributed by atoms with E-state index in [-0.39, 0.29) is 18.0 Å². The van der Waals surface area contributed by atoms with Gasteiger partial charge in [0.25, 0.3) is 5.91 Å². The maximum absolute atomic E-state index is 12.9. The Morgan fingerprint density at radius 2 is 1.83 bits per heavy atom. The first-order valence-corrected chi connectivity index (χ1v) is 12.2. The Kier molecular flexibility index (Phi) is 6.24. The molecule has 0 spiro atoms. The number of amides is 1. The molecule has 3 aromatic rings. The number of amidine groups is 2. The van der Waals surface area contributed by atoms with Gasteiger partial charge in [0.2, 0.25) is 5.17 Å². The molecule has 8 nitrogen and oxygen atoms in total. The van der Waals surface area contributed by atoms with Crippen molar-refractivity contribution in [3.8, 4) is 17.2 Å². The van der Waals surface area contributed by atoms with Gasteiger partial charge in [0, 0.05) is 17.1 Å². The Morgan fingerprint density at radius 1 is 1.06 bits per heavy atom. The van der Waals surface area contributed by atoms with Crippen molar-refractivity contribution in [3.63, 3.8) is 0 Å². The fourth-order valence-electron chi connectivity index (χ4n) is 4.16. The van der Waals surface area contributed by atoms with E-state index in [4.69, 9.17) is 14.9 Å². The number of hydrogen-bond acceptors (Lipinski definition) is 6. The van der Waals surface area contributed by atoms with Gasteiger partial charge in [-0.05, 0) is 92.2 Å². The minimum Gasteiger partial charge on any atom is -0.497 e. The number of thioether (sulfide) groups is 1. The number of aliphatic imine (C=N–C) groups is 1. The number of hydrazone groups is 1. The number of methoxy groups -OCH3 is 1. The number of nitrogens with one attached hydrogen (secondary N) is 1. The van der Waals surface area contributed by atoms with Gasteiger partial charge in [0.15, 0.2) is 5.84 Å². The molecule has 2 aliphatic heterocycles. The standard InChI is InChI=1S/C27H25N5O3S/c1-16-6-5-7-22(12-16)35-15-24-30-32-25(28)23(26(33)29-27(32)36-24)14-19-13-17(2)31(18(19)3)20-8-10-21(34-4)11-9-20/h5-14,28H,15H2,1-4H3/b23-14-,28-25?. The topological polar surface area (TPSA) is 92.3 Å². The minimum absolute atomic E-state index is 0.00249. The van der Waals surface area contributed by atoms with Crippen molar-refractivity contribution in [3.05, 3.63) is 82.7 Å². The molecule has 0 saturated carbocycles. The molecule has 0 bridgehead atoms. The average molecular weight is 500 g/mol. The van der Waals surface area contributed by atoms with Gasteiger partial charge in [-0.2, -0.15) is 15.1 Å². The summed E-state index contributed by atoms with van der Waals surface area (Å²) in [6, 6.07) is 17.5. The summed E-state index contributed by atoms with van der Waals surface area (Å²) in [6.45, 7) is 6.22. The van der Waals surface area contributed by atoms with Gasteiger partial charge in [-0.25, -0.2) is 0 Å². The second-order valence-corrected chi connectivity index (χ2v) is 9.52. The Labute approximate surface area is 213 Å². The van der Waals surface area contributed by atoms with Crippen LogP contribution in [-0.4, -0.2) is 45.2 Å². The predicted molar refractivity (Wildman–Crippen MR) is 143 cm³/mol. The quantitative estimate of drug-likeness (QED) is 0.476. The van der Waals surface area contributed by atoms with Crippen LogP contribution in [0.3, 0.4) is 0 Å². The second-order valence-electron chi connectivity index (χ2n) is 8.48. The molecule has 1 N–H and O–H groups in total. The van der Waals surface area contributed by atoms with Crippen molar-refractivity contribution in [2.24, 2.45) is 10.1 Å². The van der Waals surface area contributed by atoms with Crippen molar-refractivity contribution < 1.29 is 14.3 Å². The van der Waals surface area contributed by atoms with Crippen molar-refractivity contribution >= 4 is 39.8 Å². The third kappa shape index (κ3) is 4.45. The molecular formula is C27H25N5O3S. The highest BCUT2D eigenvalue weighted by atomic mass is 32.2. The lowest BCUT2D eigenvalue weighted by atomic mass is 10.1. The molecule has 0 fully saturated rings. The van der Waals surface area contributed by atoms with Crippen LogP contribution in [0.15, 0.2) is 70.3 Å². The van der Waals surface area contributed by atoms with E-state index in [2.05, 4.69) is 14.7 Å². The molecule has 1 aromatic heterocycles. The minimum atomic E-state index is -0.455. The van der Waals surface area contributed by atoms with E-state index in [0.29, 0.717) is 10.2 Å². The fourth-order valence-corrected chi connectivity index (χ4v) is 4.96. The monoisotopic (exact) mass is 499 g/mol. The Hall–Kier alpha value is -4.11. The van der Waals surface area contributed by atoms with Crippen LogP contribution in [0.5, 0.6) is 11.5 Å². The van der Waals surface area contributed by atoms with Gasteiger partial charge in [0.1, 0.15) is 23.1 Å². The van der Waals surface area contributed by atoms with E-state index >= 15 is 0 Å². The van der Waals surface area contributed by atoms with E-state index in [9.17, 15) is 4.79 Å². The van der Waals surface area contributed by atoms with Gasteiger partial charge in [-0.15, -0.1) is 0 Å². The van der Waals surface area contributed by atoms with Crippen LogP contribution in [0.1, 0.15) is 22.5 Å². The molecular weight excluding hydrogens is 474 g/mol. The van der Waals surface area contributed by atoms with Crippen molar-refractivity contribution in [2.45, 2.75) is 20.8 Å². The summed E-state index contributed by atoms with van der Waals surface area (Å²) in [4.78, 5) is 17.1. The van der Waals surface area contributed by atoms with Crippen LogP contribution in [-0.2, 0) is 4.79 Å². The largest absolute Gasteiger partial charge is 0.497 e. The van der Waals surface area contributed by atoms with Crippen LogP contribution in [0.2, 0.25) is 0 Å². The van der Waals surface area contributed by atoms with E-state index in [1.54, 1.807) is 13.2 Å². The molecule has 1 amide bonds. The summed E-state index contributed by atoms with van der Waals surface area (Å²) in [5, 5.41) is 15.6. The van der Waals surface area contributed by atoms with Gasteiger partial charge in [0.05, 0.1) is 12.7 Å². The van der Waals surface area contributed by atoms with E-state index < -0.39 is 5.91 Å². The number of aromatic nitrogens is 1. The summed E-state index contributed by atoms with van der Waals surface area (Å²) in [6.07, 6.45) is 1.72. The molecule has 0 radical (unpaired) electrons. The predicted octanol–water partition coefficient (Wildman–Crippen LogP) is 5.11. The Morgan fingerprint density at radius 3 is 2.56 bits per heavy atom. The zero-order valence-corrected chi connectivity index (χ0v) is 21.2. The maximum Gasteiger partial charge on any atom is 0.283 e. The molecule has 2 aliphatic rings. The summed E-state index contributed by atoms with van der Waals surface area (Å²) < 4.78 is 13.2. The normalized spacial score (nSPS) is 16.2. The van der Waals surface area contributed by atoms with Crippen LogP contribution in [0.4, 0.5) is 0 Å². The van der Waals surface area contributed by atoms with Crippen molar-refractivity contribution in [1.82, 2.24) is 9.58 Å². The lowest BCUT2D eigenvalue weighted by Gasteiger charge is -2.20. The zero-order chi connectivity index (χ0) is 25.4. The first-order valence-electron chi connectivity index (χ1n) is 11.4. The number of ether oxygens (including phenoxy) is 2. The van der Waals surface area contributed by atoms with E-state index in [1.807, 2.05) is 75.4 Å². The first kappa shape index (κ1) is 23.6. The average Bonchev–Trinajstić information content (AvgIpc) is 3.40. The summed E-state index contributed by atoms with van der Waals surface area (Å²) in [7, 11) is 1.64. The number of nitrogens with zero attached hydrogens (tertiary/aromatic N) is 4. The van der Waals surface area contributed by atoms with E-state index in [0.717, 1.165) is 39.7 Å². The molecule has 5 rings (SSSR count). The molecule has 9 heteroatoms. The van der Waals surface area contributed by atoms with Crippen LogP contribution in [0, 0.1) is 26.2 Å². The lowest BCUT2D eigenvalue weighted by Crippen LogP contribution is -2.35. The van der Waals surface area contributed by atoms with Crippen molar-refractivity contribution in [2.75, 3.05) is 13.7 Å². The highest BCUT2D eigenvalue weighted by Crippen LogP contribution is 2.30. The molecule has 182 valence electrons. The summed E-state index contributed by atoms with van der Waals surface area (Å²) >= 11 is 1.24. The maximum atomic E-state index is 12.9. The molecule has 36 heavy (non-hydrogen) atoms. The third-order valence-electron chi connectivity index (χ3n) is 5.95. The molecule has 3 heterocycles. The molecule has 0 saturated heterocycles. The van der Waals surface area contributed by atoms with E-state index in [1.165, 1.54) is 16.8 Å². The van der Waals surface area contributed by atoms with Gasteiger partial charge in [-0.3, -0.25) is 10.2 Å². The first-order chi connectivity index (χ1) is 17.3. The SMILES string of the molecule is COc1ccc(-n2c(C)cc(/C=C3/C(=N)N4N=C(COc5cccc(C)c5)SC4=NC3=O)c2C)cc1. The number of carbonyl (C=O) groups excluding carboxylic acids is 1. The third-order valence-corrected chi connectivity index (χ3v) is 6.83. The van der Waals surface area contributed by atoms with Crippen LogP contribution >= 0.6 is 11.8 Å². The number of fused-ring (bicyclic) bond motifs is 1. The highest BCUT2D eigenvalue weighted by molar-refractivity contribution is 8.27. The smallest absolute Gasteiger partial charge is 0.283 e. The van der Waals surface area contributed by atoms with Crippen molar-refractivity contribution in [1.29, 1.82) is 5.41 Å². The number of aryl methyl sites for hydroxylation is 2. The highest BCUT2D eigenvalue weighted by Gasteiger charge is 2.36. The van der Waals surface area contributed by atoms with Crippen LogP contribution < -0.4 is 9.47 Å². The molecule has 0 unspecified atom stereocenters.